The number of nitrogens with zero attached hydrogens (tertiary/aromatic N) is 3. The number of piperazine rings is 1. The normalized spacial score (nSPS) is 16.9. The minimum atomic E-state index is -3.84. The molecule has 174 valence electrons. The average Bonchev–Trinajstić information content (AvgIpc) is 3.34. The lowest BCUT2D eigenvalue weighted by atomic mass is 10.1. The number of nitrogens with one attached hydrogen (secondary N) is 1. The summed E-state index contributed by atoms with van der Waals surface area (Å²) < 4.78 is 28.8. The Bertz CT molecular complexity index is 1160. The Hall–Kier alpha value is -2.79. The number of non-ortho nitro benzene ring substituents is 1. The van der Waals surface area contributed by atoms with E-state index in [0.29, 0.717) is 0 Å². The first-order chi connectivity index (χ1) is 15.8. The van der Waals surface area contributed by atoms with Gasteiger partial charge in [-0.2, -0.15) is 0 Å². The van der Waals surface area contributed by atoms with E-state index in [0.717, 1.165) is 31.1 Å². The lowest BCUT2D eigenvalue weighted by Gasteiger charge is -2.42. The van der Waals surface area contributed by atoms with Crippen LogP contribution in [-0.4, -0.2) is 50.5 Å². The molecule has 1 N–H and O–H groups in total. The van der Waals surface area contributed by atoms with E-state index in [9.17, 15) is 18.5 Å². The van der Waals surface area contributed by atoms with E-state index in [2.05, 4.69) is 26.7 Å². The summed E-state index contributed by atoms with van der Waals surface area (Å²) >= 11 is 1.61. The van der Waals surface area contributed by atoms with Gasteiger partial charge in [0, 0.05) is 54.9 Å². The molecule has 0 amide bonds. The zero-order valence-corrected chi connectivity index (χ0v) is 19.8. The third kappa shape index (κ3) is 5.41. The molecule has 2 aromatic carbocycles. The predicted molar refractivity (Wildman–Crippen MR) is 130 cm³/mol. The molecule has 0 bridgehead atoms. The number of nitro benzene ring substituents is 1. The zero-order chi connectivity index (χ0) is 23.4. The Kier molecular flexibility index (Phi) is 7.08. The van der Waals surface area contributed by atoms with Gasteiger partial charge in [-0.05, 0) is 42.6 Å². The van der Waals surface area contributed by atoms with Gasteiger partial charge in [0.05, 0.1) is 15.9 Å². The van der Waals surface area contributed by atoms with Crippen LogP contribution in [-0.2, 0) is 10.0 Å². The molecule has 1 aliphatic heterocycles. The first-order valence-corrected chi connectivity index (χ1v) is 13.1. The molecule has 1 saturated heterocycles. The summed E-state index contributed by atoms with van der Waals surface area (Å²) in [7, 11) is -3.84. The van der Waals surface area contributed by atoms with Crippen molar-refractivity contribution in [3.63, 3.8) is 0 Å². The first-order valence-electron chi connectivity index (χ1n) is 10.7. The van der Waals surface area contributed by atoms with Crippen LogP contribution < -0.4 is 9.62 Å². The molecule has 10 heteroatoms. The van der Waals surface area contributed by atoms with Crippen molar-refractivity contribution >= 4 is 32.7 Å². The van der Waals surface area contributed by atoms with Crippen molar-refractivity contribution in [3.05, 3.63) is 87.1 Å². The Morgan fingerprint density at radius 2 is 1.64 bits per heavy atom. The van der Waals surface area contributed by atoms with Crippen LogP contribution >= 0.6 is 11.3 Å². The van der Waals surface area contributed by atoms with Crippen molar-refractivity contribution < 1.29 is 13.3 Å². The fourth-order valence-corrected chi connectivity index (χ4v) is 6.44. The highest BCUT2D eigenvalue weighted by Gasteiger charge is 2.32. The van der Waals surface area contributed by atoms with Gasteiger partial charge in [0.2, 0.25) is 10.0 Å². The molecular weight excluding hydrogens is 460 g/mol. The lowest BCUT2D eigenvalue weighted by molar-refractivity contribution is -0.384. The predicted octanol–water partition coefficient (Wildman–Crippen LogP) is 3.89. The van der Waals surface area contributed by atoms with Crippen LogP contribution in [0, 0.1) is 10.1 Å². The summed E-state index contributed by atoms with van der Waals surface area (Å²) in [6.45, 7) is 5.19. The van der Waals surface area contributed by atoms with Crippen molar-refractivity contribution in [3.8, 4) is 0 Å². The summed E-state index contributed by atoms with van der Waals surface area (Å²) in [5, 5.41) is 12.9. The molecule has 0 radical (unpaired) electrons. The maximum absolute atomic E-state index is 13.0. The Morgan fingerprint density at radius 3 is 2.21 bits per heavy atom. The second kappa shape index (κ2) is 10.0. The minimum absolute atomic E-state index is 0.0128. The van der Waals surface area contributed by atoms with Crippen LogP contribution in [0.5, 0.6) is 0 Å². The van der Waals surface area contributed by atoms with Crippen LogP contribution in [0.2, 0.25) is 0 Å². The molecule has 8 nitrogen and oxygen atoms in total. The number of sulfonamides is 1. The molecule has 1 aliphatic rings. The van der Waals surface area contributed by atoms with E-state index in [4.69, 9.17) is 0 Å². The summed E-state index contributed by atoms with van der Waals surface area (Å²) in [6, 6.07) is 18.7. The van der Waals surface area contributed by atoms with E-state index in [1.54, 1.807) is 11.3 Å². The fraction of sp³-hybridized carbons (Fsp3) is 0.304. The smallest absolute Gasteiger partial charge is 0.269 e. The van der Waals surface area contributed by atoms with E-state index < -0.39 is 21.0 Å². The molecule has 0 saturated carbocycles. The van der Waals surface area contributed by atoms with Gasteiger partial charge in [0.15, 0.2) is 0 Å². The number of para-hydroxylation sites is 1. The quantitative estimate of drug-likeness (QED) is 0.383. The number of rotatable bonds is 8. The van der Waals surface area contributed by atoms with Crippen molar-refractivity contribution in [2.75, 3.05) is 31.1 Å². The van der Waals surface area contributed by atoms with Gasteiger partial charge >= 0.3 is 0 Å². The van der Waals surface area contributed by atoms with Gasteiger partial charge in [0.25, 0.3) is 5.69 Å². The average molecular weight is 487 g/mol. The van der Waals surface area contributed by atoms with E-state index in [1.807, 2.05) is 42.6 Å². The minimum Gasteiger partial charge on any atom is -0.369 e. The molecule has 3 aromatic rings. The molecule has 2 heterocycles. The molecule has 2 atom stereocenters. The zero-order valence-electron chi connectivity index (χ0n) is 18.2. The van der Waals surface area contributed by atoms with Crippen molar-refractivity contribution in [1.29, 1.82) is 0 Å². The Morgan fingerprint density at radius 1 is 0.970 bits per heavy atom. The summed E-state index contributed by atoms with van der Waals surface area (Å²) in [6.07, 6.45) is 0. The van der Waals surface area contributed by atoms with Gasteiger partial charge < -0.3 is 4.90 Å². The number of anilines is 1. The molecule has 2 unspecified atom stereocenters. The van der Waals surface area contributed by atoms with E-state index in [1.165, 1.54) is 30.0 Å². The second-order valence-electron chi connectivity index (χ2n) is 7.98. The van der Waals surface area contributed by atoms with Crippen LogP contribution in [0.1, 0.15) is 17.8 Å². The second-order valence-corrected chi connectivity index (χ2v) is 10.7. The lowest BCUT2D eigenvalue weighted by Crippen LogP contribution is -2.52. The maximum atomic E-state index is 13.0. The topological polar surface area (TPSA) is 95.8 Å². The highest BCUT2D eigenvalue weighted by atomic mass is 32.2. The Balaban J connectivity index is 1.50. The van der Waals surface area contributed by atoms with Crippen LogP contribution in [0.3, 0.4) is 0 Å². The van der Waals surface area contributed by atoms with Gasteiger partial charge in [-0.15, -0.1) is 11.3 Å². The van der Waals surface area contributed by atoms with Crippen LogP contribution in [0.25, 0.3) is 0 Å². The third-order valence-electron chi connectivity index (χ3n) is 5.84. The van der Waals surface area contributed by atoms with Gasteiger partial charge in [-0.3, -0.25) is 15.0 Å². The summed E-state index contributed by atoms with van der Waals surface area (Å²) in [5.41, 5.74) is 1.05. The molecular formula is C23H26N4O4S2. The van der Waals surface area contributed by atoms with E-state index in [-0.39, 0.29) is 16.6 Å². The van der Waals surface area contributed by atoms with Gasteiger partial charge in [-0.1, -0.05) is 24.3 Å². The monoisotopic (exact) mass is 486 g/mol. The number of hydrogen-bond acceptors (Lipinski definition) is 7. The largest absolute Gasteiger partial charge is 0.369 e. The molecule has 1 fully saturated rings. The van der Waals surface area contributed by atoms with Crippen molar-refractivity contribution in [1.82, 2.24) is 9.62 Å². The summed E-state index contributed by atoms with van der Waals surface area (Å²) in [5.74, 6) is 0. The van der Waals surface area contributed by atoms with Crippen molar-refractivity contribution in [2.24, 2.45) is 0 Å². The van der Waals surface area contributed by atoms with Crippen molar-refractivity contribution in [2.45, 2.75) is 23.9 Å². The number of benzene rings is 2. The SMILES string of the molecule is CC(NS(=O)(=O)c1ccc([N+](=O)[O-])cc1)C(c1cccs1)N1CCN(c2ccccc2)CC1. The Labute approximate surface area is 197 Å². The number of hydrogen-bond donors (Lipinski definition) is 1. The summed E-state index contributed by atoms with van der Waals surface area (Å²) in [4.78, 5) is 16.1. The standard InChI is InChI=1S/C23H26N4O4S2/c1-18(24-33(30,31)21-11-9-20(10-12-21)27(28)29)23(22-8-5-17-32-22)26-15-13-25(14-16-26)19-6-3-2-4-7-19/h2-12,17-18,23-24H,13-16H2,1H3. The molecule has 33 heavy (non-hydrogen) atoms. The molecule has 0 spiro atoms. The number of nitro groups is 1. The molecule has 4 rings (SSSR count). The van der Waals surface area contributed by atoms with E-state index >= 15 is 0 Å². The first kappa shape index (κ1) is 23.4. The molecule has 1 aromatic heterocycles. The maximum Gasteiger partial charge on any atom is 0.269 e. The third-order valence-corrected chi connectivity index (χ3v) is 8.35. The highest BCUT2D eigenvalue weighted by Crippen LogP contribution is 2.31. The number of thiophene rings is 1. The molecule has 0 aliphatic carbocycles. The van der Waals surface area contributed by atoms with Gasteiger partial charge in [0.1, 0.15) is 0 Å². The fourth-order valence-electron chi connectivity index (χ4n) is 4.22. The van der Waals surface area contributed by atoms with Gasteiger partial charge in [-0.25, -0.2) is 13.1 Å². The van der Waals surface area contributed by atoms with Crippen LogP contribution in [0.15, 0.2) is 77.0 Å². The highest BCUT2D eigenvalue weighted by molar-refractivity contribution is 7.89. The van der Waals surface area contributed by atoms with Crippen LogP contribution in [0.4, 0.5) is 11.4 Å².